The first-order valence-corrected chi connectivity index (χ1v) is 7.61. The zero-order chi connectivity index (χ0) is 13.9. The van der Waals surface area contributed by atoms with Crippen molar-refractivity contribution in [3.05, 3.63) is 33.3 Å². The molecule has 0 spiro atoms. The molecular formula is C14H18BrClN2O. The molecule has 0 saturated carbocycles. The van der Waals surface area contributed by atoms with Crippen molar-refractivity contribution in [2.45, 2.75) is 19.8 Å². The van der Waals surface area contributed by atoms with Crippen molar-refractivity contribution in [3.8, 4) is 0 Å². The molecule has 1 amide bonds. The lowest BCUT2D eigenvalue weighted by molar-refractivity contribution is 0.0921. The summed E-state index contributed by atoms with van der Waals surface area (Å²) in [4.78, 5) is 12.2. The molecule has 0 unspecified atom stereocenters. The van der Waals surface area contributed by atoms with Crippen LogP contribution in [0, 0.1) is 5.41 Å². The summed E-state index contributed by atoms with van der Waals surface area (Å²) in [7, 11) is 0. The molecule has 1 aliphatic heterocycles. The fourth-order valence-corrected chi connectivity index (χ4v) is 2.87. The van der Waals surface area contributed by atoms with Gasteiger partial charge in [-0.1, -0.05) is 18.5 Å². The van der Waals surface area contributed by atoms with E-state index in [2.05, 4.69) is 33.5 Å². The first-order chi connectivity index (χ1) is 9.00. The van der Waals surface area contributed by atoms with Crippen LogP contribution in [0.5, 0.6) is 0 Å². The number of carbonyl (C=O) groups is 1. The molecule has 1 aromatic rings. The normalized spacial score (nSPS) is 18.1. The molecule has 19 heavy (non-hydrogen) atoms. The predicted molar refractivity (Wildman–Crippen MR) is 81.7 cm³/mol. The van der Waals surface area contributed by atoms with E-state index in [0.29, 0.717) is 17.1 Å². The van der Waals surface area contributed by atoms with Crippen molar-refractivity contribution in [1.29, 1.82) is 0 Å². The Labute approximate surface area is 127 Å². The number of hydrogen-bond acceptors (Lipinski definition) is 2. The summed E-state index contributed by atoms with van der Waals surface area (Å²) in [6.45, 7) is 4.97. The minimum absolute atomic E-state index is 0.0749. The molecule has 1 aromatic carbocycles. The molecule has 1 fully saturated rings. The highest BCUT2D eigenvalue weighted by Gasteiger charge is 2.27. The van der Waals surface area contributed by atoms with Crippen LogP contribution in [0.1, 0.15) is 30.1 Å². The van der Waals surface area contributed by atoms with Crippen LogP contribution in [0.3, 0.4) is 0 Å². The van der Waals surface area contributed by atoms with Gasteiger partial charge in [-0.25, -0.2) is 0 Å². The molecule has 0 bridgehead atoms. The van der Waals surface area contributed by atoms with Crippen LogP contribution in [-0.2, 0) is 0 Å². The van der Waals surface area contributed by atoms with Gasteiger partial charge in [-0.2, -0.15) is 0 Å². The molecule has 1 heterocycles. The van der Waals surface area contributed by atoms with Crippen LogP contribution in [0.4, 0.5) is 0 Å². The lowest BCUT2D eigenvalue weighted by Gasteiger charge is -2.34. The third-order valence-corrected chi connectivity index (χ3v) is 4.59. The Morgan fingerprint density at radius 1 is 1.47 bits per heavy atom. The predicted octanol–water partition coefficient (Wildman–Crippen LogP) is 3.22. The summed E-state index contributed by atoms with van der Waals surface area (Å²) in [5.41, 5.74) is 0.774. The maximum Gasteiger partial charge on any atom is 0.252 e. The van der Waals surface area contributed by atoms with Crippen molar-refractivity contribution in [3.63, 3.8) is 0 Å². The fourth-order valence-electron chi connectivity index (χ4n) is 2.27. The van der Waals surface area contributed by atoms with E-state index < -0.39 is 0 Å². The number of nitrogens with one attached hydrogen (secondary N) is 2. The van der Waals surface area contributed by atoms with Crippen LogP contribution in [0.2, 0.25) is 5.02 Å². The minimum Gasteiger partial charge on any atom is -0.351 e. The second-order valence-corrected chi connectivity index (χ2v) is 6.66. The van der Waals surface area contributed by atoms with Gasteiger partial charge in [0.1, 0.15) is 0 Å². The monoisotopic (exact) mass is 344 g/mol. The maximum absolute atomic E-state index is 12.2. The smallest absolute Gasteiger partial charge is 0.252 e. The molecule has 1 aliphatic rings. The summed E-state index contributed by atoms with van der Waals surface area (Å²) in [5.74, 6) is -0.0749. The van der Waals surface area contributed by atoms with Crippen molar-refractivity contribution < 1.29 is 4.79 Å². The highest BCUT2D eigenvalue weighted by Crippen LogP contribution is 2.27. The highest BCUT2D eigenvalue weighted by molar-refractivity contribution is 9.10. The van der Waals surface area contributed by atoms with E-state index in [-0.39, 0.29) is 11.3 Å². The van der Waals surface area contributed by atoms with E-state index in [0.717, 1.165) is 30.4 Å². The molecule has 0 aromatic heterocycles. The molecule has 0 radical (unpaired) electrons. The molecule has 3 nitrogen and oxygen atoms in total. The van der Waals surface area contributed by atoms with Crippen LogP contribution >= 0.6 is 27.5 Å². The van der Waals surface area contributed by atoms with E-state index in [1.165, 1.54) is 0 Å². The van der Waals surface area contributed by atoms with Gasteiger partial charge < -0.3 is 10.6 Å². The standard InChI is InChI=1S/C14H18BrClN2O/c1-14(4-6-17-7-5-14)9-18-13(19)11-8-10(16)2-3-12(11)15/h2-3,8,17H,4-7,9H2,1H3,(H,18,19). The van der Waals surface area contributed by atoms with Crippen LogP contribution < -0.4 is 10.6 Å². The van der Waals surface area contributed by atoms with Gasteiger partial charge in [0.05, 0.1) is 5.56 Å². The summed E-state index contributed by atoms with van der Waals surface area (Å²) < 4.78 is 0.768. The van der Waals surface area contributed by atoms with Crippen molar-refractivity contribution >= 4 is 33.4 Å². The molecule has 0 aliphatic carbocycles. The van der Waals surface area contributed by atoms with E-state index in [1.807, 2.05) is 0 Å². The SMILES string of the molecule is CC1(CNC(=O)c2cc(Cl)ccc2Br)CCNCC1. The third-order valence-electron chi connectivity index (χ3n) is 3.66. The topological polar surface area (TPSA) is 41.1 Å². The summed E-state index contributed by atoms with van der Waals surface area (Å²) in [5, 5.41) is 6.93. The lowest BCUT2D eigenvalue weighted by atomic mass is 9.81. The maximum atomic E-state index is 12.2. The molecule has 2 N–H and O–H groups in total. The first-order valence-electron chi connectivity index (χ1n) is 6.44. The van der Waals surface area contributed by atoms with Gasteiger partial charge in [-0.15, -0.1) is 0 Å². The zero-order valence-corrected chi connectivity index (χ0v) is 13.3. The average molecular weight is 346 g/mol. The molecule has 0 atom stereocenters. The Balaban J connectivity index is 1.99. The summed E-state index contributed by atoms with van der Waals surface area (Å²) in [6.07, 6.45) is 2.17. The summed E-state index contributed by atoms with van der Waals surface area (Å²) >= 11 is 9.31. The number of piperidine rings is 1. The Kier molecular flexibility index (Phi) is 4.87. The van der Waals surface area contributed by atoms with Gasteiger partial charge >= 0.3 is 0 Å². The minimum atomic E-state index is -0.0749. The molecule has 1 saturated heterocycles. The molecular weight excluding hydrogens is 328 g/mol. The quantitative estimate of drug-likeness (QED) is 0.883. The van der Waals surface area contributed by atoms with E-state index >= 15 is 0 Å². The van der Waals surface area contributed by atoms with Crippen LogP contribution in [0.25, 0.3) is 0 Å². The van der Waals surface area contributed by atoms with Gasteiger partial charge in [-0.05, 0) is 65.5 Å². The number of amides is 1. The number of hydrogen-bond donors (Lipinski definition) is 2. The Morgan fingerprint density at radius 2 is 2.16 bits per heavy atom. The largest absolute Gasteiger partial charge is 0.351 e. The molecule has 104 valence electrons. The first kappa shape index (κ1) is 14.8. The lowest BCUT2D eigenvalue weighted by Crippen LogP contribution is -2.42. The van der Waals surface area contributed by atoms with Crippen LogP contribution in [-0.4, -0.2) is 25.5 Å². The van der Waals surface area contributed by atoms with E-state index in [1.54, 1.807) is 18.2 Å². The van der Waals surface area contributed by atoms with Gasteiger partial charge in [0, 0.05) is 16.0 Å². The van der Waals surface area contributed by atoms with E-state index in [4.69, 9.17) is 11.6 Å². The van der Waals surface area contributed by atoms with Crippen molar-refractivity contribution in [2.24, 2.45) is 5.41 Å². The Bertz CT molecular complexity index is 473. The van der Waals surface area contributed by atoms with Crippen molar-refractivity contribution in [2.75, 3.05) is 19.6 Å². The number of halogens is 2. The summed E-state index contributed by atoms with van der Waals surface area (Å²) in [6, 6.07) is 5.24. The zero-order valence-electron chi connectivity index (χ0n) is 10.9. The Morgan fingerprint density at radius 3 is 2.84 bits per heavy atom. The van der Waals surface area contributed by atoms with Gasteiger partial charge in [0.2, 0.25) is 0 Å². The van der Waals surface area contributed by atoms with Gasteiger partial charge in [0.15, 0.2) is 0 Å². The number of carbonyl (C=O) groups excluding carboxylic acids is 1. The fraction of sp³-hybridized carbons (Fsp3) is 0.500. The number of rotatable bonds is 3. The molecule has 2 rings (SSSR count). The second-order valence-electron chi connectivity index (χ2n) is 5.37. The second kappa shape index (κ2) is 6.25. The van der Waals surface area contributed by atoms with Gasteiger partial charge in [0.25, 0.3) is 5.91 Å². The van der Waals surface area contributed by atoms with Gasteiger partial charge in [-0.3, -0.25) is 4.79 Å². The number of benzene rings is 1. The molecule has 5 heteroatoms. The highest BCUT2D eigenvalue weighted by atomic mass is 79.9. The van der Waals surface area contributed by atoms with E-state index in [9.17, 15) is 4.79 Å². The Hall–Kier alpha value is -0.580. The third kappa shape index (κ3) is 3.94. The van der Waals surface area contributed by atoms with Crippen molar-refractivity contribution in [1.82, 2.24) is 10.6 Å². The average Bonchev–Trinajstić information content (AvgIpc) is 2.40. The van der Waals surface area contributed by atoms with Crippen LogP contribution in [0.15, 0.2) is 22.7 Å².